The summed E-state index contributed by atoms with van der Waals surface area (Å²) in [5.41, 5.74) is 4.67. The predicted molar refractivity (Wildman–Crippen MR) is 66.0 cm³/mol. The fourth-order valence-electron chi connectivity index (χ4n) is 1.60. The molecule has 0 saturated carbocycles. The summed E-state index contributed by atoms with van der Waals surface area (Å²) in [5.74, 6) is -0.0431. The van der Waals surface area contributed by atoms with Gasteiger partial charge < -0.3 is 16.2 Å². The quantitative estimate of drug-likeness (QED) is 0.611. The molecule has 16 heavy (non-hydrogen) atoms. The van der Waals surface area contributed by atoms with Gasteiger partial charge in [0.1, 0.15) is 0 Å². The van der Waals surface area contributed by atoms with E-state index in [1.807, 2.05) is 27.7 Å². The van der Waals surface area contributed by atoms with E-state index in [0.29, 0.717) is 13.0 Å². The first-order valence-corrected chi connectivity index (χ1v) is 6.07. The normalized spacial score (nSPS) is 15.6. The SMILES string of the molecule is CCC(C)(CO)NC(=O)C(CC)(CC)CN. The van der Waals surface area contributed by atoms with Gasteiger partial charge in [-0.15, -0.1) is 0 Å². The molecule has 0 fully saturated rings. The molecule has 0 rings (SSSR count). The molecule has 0 aromatic carbocycles. The summed E-state index contributed by atoms with van der Waals surface area (Å²) >= 11 is 0. The summed E-state index contributed by atoms with van der Waals surface area (Å²) in [4.78, 5) is 12.2. The van der Waals surface area contributed by atoms with Crippen LogP contribution in [0.25, 0.3) is 0 Å². The van der Waals surface area contributed by atoms with Crippen LogP contribution in [0.1, 0.15) is 47.0 Å². The van der Waals surface area contributed by atoms with Crippen molar-refractivity contribution in [1.29, 1.82) is 0 Å². The van der Waals surface area contributed by atoms with Gasteiger partial charge in [-0.05, 0) is 26.2 Å². The van der Waals surface area contributed by atoms with Gasteiger partial charge in [0.25, 0.3) is 0 Å². The number of aliphatic hydroxyl groups is 1. The topological polar surface area (TPSA) is 75.3 Å². The molecule has 0 aliphatic heterocycles. The number of rotatable bonds is 7. The molecule has 0 saturated heterocycles. The lowest BCUT2D eigenvalue weighted by Gasteiger charge is -2.35. The lowest BCUT2D eigenvalue weighted by molar-refractivity contribution is -0.133. The maximum Gasteiger partial charge on any atom is 0.227 e. The highest BCUT2D eigenvalue weighted by molar-refractivity contribution is 5.83. The highest BCUT2D eigenvalue weighted by Crippen LogP contribution is 2.26. The second-order valence-electron chi connectivity index (χ2n) is 4.72. The van der Waals surface area contributed by atoms with Crippen LogP contribution in [-0.4, -0.2) is 29.7 Å². The van der Waals surface area contributed by atoms with Crippen molar-refractivity contribution in [2.75, 3.05) is 13.2 Å². The lowest BCUT2D eigenvalue weighted by atomic mass is 9.80. The predicted octanol–water partition coefficient (Wildman–Crippen LogP) is 1.03. The minimum Gasteiger partial charge on any atom is -0.394 e. The number of hydrogen-bond acceptors (Lipinski definition) is 3. The van der Waals surface area contributed by atoms with Gasteiger partial charge in [0.05, 0.1) is 17.6 Å². The third-order valence-electron chi connectivity index (χ3n) is 3.77. The van der Waals surface area contributed by atoms with E-state index in [9.17, 15) is 9.90 Å². The molecular formula is C12H26N2O2. The molecule has 0 aliphatic rings. The van der Waals surface area contributed by atoms with Crippen molar-refractivity contribution in [1.82, 2.24) is 5.32 Å². The number of hydrogen-bond donors (Lipinski definition) is 3. The molecular weight excluding hydrogens is 204 g/mol. The molecule has 4 nitrogen and oxygen atoms in total. The van der Waals surface area contributed by atoms with Crippen LogP contribution in [-0.2, 0) is 4.79 Å². The standard InChI is InChI=1S/C12H26N2O2/c1-5-11(4,9-15)14-10(16)12(6-2,7-3)8-13/h15H,5-9,13H2,1-4H3,(H,14,16). The Kier molecular flexibility index (Phi) is 5.97. The zero-order valence-electron chi connectivity index (χ0n) is 11.0. The van der Waals surface area contributed by atoms with Crippen LogP contribution < -0.4 is 11.1 Å². The van der Waals surface area contributed by atoms with E-state index < -0.39 is 11.0 Å². The van der Waals surface area contributed by atoms with E-state index in [1.54, 1.807) is 0 Å². The highest BCUT2D eigenvalue weighted by Gasteiger charge is 2.36. The number of nitrogens with two attached hydrogens (primary N) is 1. The molecule has 96 valence electrons. The molecule has 0 heterocycles. The number of aliphatic hydroxyl groups excluding tert-OH is 1. The van der Waals surface area contributed by atoms with Gasteiger partial charge in [-0.1, -0.05) is 20.8 Å². The van der Waals surface area contributed by atoms with Gasteiger partial charge in [0.15, 0.2) is 0 Å². The minimum atomic E-state index is -0.540. The van der Waals surface area contributed by atoms with Gasteiger partial charge >= 0.3 is 0 Å². The number of nitrogens with one attached hydrogen (secondary N) is 1. The fraction of sp³-hybridized carbons (Fsp3) is 0.917. The van der Waals surface area contributed by atoms with Crippen molar-refractivity contribution in [2.24, 2.45) is 11.1 Å². The highest BCUT2D eigenvalue weighted by atomic mass is 16.3. The Morgan fingerprint density at radius 1 is 1.25 bits per heavy atom. The van der Waals surface area contributed by atoms with Crippen LogP contribution in [0, 0.1) is 5.41 Å². The van der Waals surface area contributed by atoms with Crippen molar-refractivity contribution < 1.29 is 9.90 Å². The molecule has 0 bridgehead atoms. The van der Waals surface area contributed by atoms with Crippen LogP contribution >= 0.6 is 0 Å². The summed E-state index contributed by atoms with van der Waals surface area (Å²) in [7, 11) is 0. The summed E-state index contributed by atoms with van der Waals surface area (Å²) in [6.45, 7) is 8.02. The van der Waals surface area contributed by atoms with Crippen molar-refractivity contribution >= 4 is 5.91 Å². The van der Waals surface area contributed by atoms with Crippen molar-refractivity contribution in [3.05, 3.63) is 0 Å². The molecule has 0 aliphatic carbocycles. The smallest absolute Gasteiger partial charge is 0.227 e. The van der Waals surface area contributed by atoms with Crippen molar-refractivity contribution in [3.63, 3.8) is 0 Å². The molecule has 4 heteroatoms. The summed E-state index contributed by atoms with van der Waals surface area (Å²) in [5, 5.41) is 12.2. The monoisotopic (exact) mass is 230 g/mol. The van der Waals surface area contributed by atoms with Gasteiger partial charge in [-0.2, -0.15) is 0 Å². The molecule has 1 unspecified atom stereocenters. The Balaban J connectivity index is 4.78. The Bertz CT molecular complexity index is 213. The Hall–Kier alpha value is -0.610. The summed E-state index contributed by atoms with van der Waals surface area (Å²) < 4.78 is 0. The second kappa shape index (κ2) is 6.21. The Morgan fingerprint density at radius 3 is 2.00 bits per heavy atom. The first kappa shape index (κ1) is 15.4. The average molecular weight is 230 g/mol. The van der Waals surface area contributed by atoms with Gasteiger partial charge in [-0.25, -0.2) is 0 Å². The second-order valence-corrected chi connectivity index (χ2v) is 4.72. The number of carbonyl (C=O) groups is 1. The van der Waals surface area contributed by atoms with Gasteiger partial charge in [0.2, 0.25) is 5.91 Å². The van der Waals surface area contributed by atoms with E-state index in [1.165, 1.54) is 0 Å². The van der Waals surface area contributed by atoms with E-state index in [4.69, 9.17) is 5.73 Å². The lowest BCUT2D eigenvalue weighted by Crippen LogP contribution is -2.55. The van der Waals surface area contributed by atoms with Crippen molar-refractivity contribution in [2.45, 2.75) is 52.5 Å². The Labute approximate surface area is 98.6 Å². The maximum atomic E-state index is 12.2. The van der Waals surface area contributed by atoms with E-state index in [-0.39, 0.29) is 12.5 Å². The van der Waals surface area contributed by atoms with Crippen LogP contribution in [0.4, 0.5) is 0 Å². The fourth-order valence-corrected chi connectivity index (χ4v) is 1.60. The zero-order valence-corrected chi connectivity index (χ0v) is 11.0. The average Bonchev–Trinajstić information content (AvgIpc) is 2.32. The number of carbonyl (C=O) groups excluding carboxylic acids is 1. The maximum absolute atomic E-state index is 12.2. The van der Waals surface area contributed by atoms with E-state index in [0.717, 1.165) is 12.8 Å². The van der Waals surface area contributed by atoms with Crippen LogP contribution in [0.3, 0.4) is 0 Å². The van der Waals surface area contributed by atoms with Gasteiger partial charge in [-0.3, -0.25) is 4.79 Å². The molecule has 1 atom stereocenters. The minimum absolute atomic E-state index is 0.0431. The van der Waals surface area contributed by atoms with Gasteiger partial charge in [0, 0.05) is 6.54 Å². The molecule has 0 aromatic rings. The summed E-state index contributed by atoms with van der Waals surface area (Å²) in [6, 6.07) is 0. The first-order chi connectivity index (χ1) is 7.43. The zero-order chi connectivity index (χ0) is 12.8. The summed E-state index contributed by atoms with van der Waals surface area (Å²) in [6.07, 6.45) is 2.14. The first-order valence-electron chi connectivity index (χ1n) is 6.07. The number of amides is 1. The van der Waals surface area contributed by atoms with E-state index in [2.05, 4.69) is 5.32 Å². The molecule has 0 aromatic heterocycles. The molecule has 1 amide bonds. The van der Waals surface area contributed by atoms with Crippen molar-refractivity contribution in [3.8, 4) is 0 Å². The third-order valence-corrected chi connectivity index (χ3v) is 3.77. The molecule has 0 spiro atoms. The van der Waals surface area contributed by atoms with E-state index >= 15 is 0 Å². The van der Waals surface area contributed by atoms with Crippen LogP contribution in [0.5, 0.6) is 0 Å². The largest absolute Gasteiger partial charge is 0.394 e. The van der Waals surface area contributed by atoms with Crippen LogP contribution in [0.15, 0.2) is 0 Å². The van der Waals surface area contributed by atoms with Crippen LogP contribution in [0.2, 0.25) is 0 Å². The molecule has 4 N–H and O–H groups in total. The molecule has 0 radical (unpaired) electrons. The third kappa shape index (κ3) is 3.19. The Morgan fingerprint density at radius 2 is 1.75 bits per heavy atom.